The molecular formula is C26H36LiN3O6. The fraction of sp³-hybridized carbons (Fsp3) is 0.577. The molecule has 0 saturated heterocycles. The number of carbonyl (C=O) groups is 2. The number of carbonyl (C=O) groups excluding carboxylic acids is 2. The molecule has 1 amide bonds. The van der Waals surface area contributed by atoms with Crippen LogP contribution in [0, 0.1) is 0 Å². The van der Waals surface area contributed by atoms with Crippen molar-refractivity contribution in [2.75, 3.05) is 6.54 Å². The van der Waals surface area contributed by atoms with E-state index >= 15 is 0 Å². The maximum Gasteiger partial charge on any atom is 1.00 e. The minimum Gasteiger partial charge on any atom is -0.547 e. The van der Waals surface area contributed by atoms with Crippen LogP contribution >= 0.6 is 0 Å². The summed E-state index contributed by atoms with van der Waals surface area (Å²) >= 11 is 0. The molecule has 0 aliphatic heterocycles. The fourth-order valence-corrected chi connectivity index (χ4v) is 3.93. The third-order valence-electron chi connectivity index (χ3n) is 5.61. The number of imidazole rings is 1. The Bertz CT molecular complexity index is 967. The minimum absolute atomic E-state index is 0. The first-order chi connectivity index (χ1) is 16.6. The van der Waals surface area contributed by atoms with Crippen LogP contribution in [-0.2, 0) is 20.7 Å². The minimum atomic E-state index is -1.34. The molecule has 1 saturated carbocycles. The van der Waals surface area contributed by atoms with Crippen LogP contribution in [0.15, 0.2) is 36.8 Å². The van der Waals surface area contributed by atoms with E-state index in [4.69, 9.17) is 14.2 Å². The third-order valence-corrected chi connectivity index (χ3v) is 5.61. The molecule has 10 heteroatoms. The summed E-state index contributed by atoms with van der Waals surface area (Å²) in [5.74, 6) is -0.492. The van der Waals surface area contributed by atoms with Crippen LogP contribution in [0.1, 0.15) is 65.5 Å². The van der Waals surface area contributed by atoms with Crippen molar-refractivity contribution in [1.29, 1.82) is 0 Å². The Morgan fingerprint density at radius 3 is 2.44 bits per heavy atom. The number of nitrogens with one attached hydrogen (secondary N) is 1. The Hall–Kier alpha value is -2.47. The van der Waals surface area contributed by atoms with Crippen LogP contribution in [0.5, 0.6) is 5.75 Å². The smallest absolute Gasteiger partial charge is 0.547 e. The van der Waals surface area contributed by atoms with Crippen molar-refractivity contribution in [1.82, 2.24) is 14.9 Å². The van der Waals surface area contributed by atoms with Crippen LogP contribution in [0.25, 0.3) is 5.69 Å². The molecule has 0 radical (unpaired) electrons. The summed E-state index contributed by atoms with van der Waals surface area (Å²) in [6.45, 7) is 7.05. The molecule has 3 rings (SSSR count). The number of nitrogens with zero attached hydrogens (tertiary/aromatic N) is 2. The van der Waals surface area contributed by atoms with E-state index in [1.807, 2.05) is 28.8 Å². The summed E-state index contributed by atoms with van der Waals surface area (Å²) in [6.07, 6.45) is 7.28. The van der Waals surface area contributed by atoms with Gasteiger partial charge in [0.25, 0.3) is 0 Å². The molecule has 1 fully saturated rings. The van der Waals surface area contributed by atoms with E-state index in [2.05, 4.69) is 10.3 Å². The van der Waals surface area contributed by atoms with Gasteiger partial charge in [-0.3, -0.25) is 0 Å². The quantitative estimate of drug-likeness (QED) is 0.470. The molecule has 0 spiro atoms. The number of carboxylic acids is 1. The van der Waals surface area contributed by atoms with Gasteiger partial charge in [0.05, 0.1) is 30.2 Å². The first kappa shape index (κ1) is 29.8. The zero-order valence-corrected chi connectivity index (χ0v) is 22.0. The van der Waals surface area contributed by atoms with Crippen LogP contribution < -0.4 is 34.0 Å². The first-order valence-electron chi connectivity index (χ1n) is 12.2. The Kier molecular flexibility index (Phi) is 11.3. The summed E-state index contributed by atoms with van der Waals surface area (Å²) in [7, 11) is 0. The van der Waals surface area contributed by atoms with E-state index in [1.54, 1.807) is 40.2 Å². The van der Waals surface area contributed by atoms with Gasteiger partial charge in [0.1, 0.15) is 17.5 Å². The Morgan fingerprint density at radius 2 is 1.83 bits per heavy atom. The maximum atomic E-state index is 11.8. The molecular weight excluding hydrogens is 457 g/mol. The number of aromatic nitrogens is 2. The molecule has 2 atom stereocenters. The summed E-state index contributed by atoms with van der Waals surface area (Å²) < 4.78 is 18.7. The molecule has 192 valence electrons. The Labute approximate surface area is 225 Å². The molecule has 0 bridgehead atoms. The number of ether oxygens (including phenoxy) is 3. The molecule has 9 nitrogen and oxygen atoms in total. The second-order valence-corrected chi connectivity index (χ2v) is 9.99. The number of rotatable bonds is 10. The number of hydrogen-bond donors (Lipinski definition) is 1. The normalized spacial score (nSPS) is 15.9. The average Bonchev–Trinajstić information content (AvgIpc) is 3.26. The first-order valence-corrected chi connectivity index (χ1v) is 12.2. The van der Waals surface area contributed by atoms with Crippen LogP contribution in [0.3, 0.4) is 0 Å². The summed E-state index contributed by atoms with van der Waals surface area (Å²) in [4.78, 5) is 27.8. The molecule has 0 unspecified atom stereocenters. The van der Waals surface area contributed by atoms with Gasteiger partial charge in [-0.25, -0.2) is 9.78 Å². The monoisotopic (exact) mass is 493 g/mol. The standard InChI is InChI=1S/C26H37N3O6.Li/c1-18(15-27-25(32)35-26(2,3)4)33-23(24(30)31)14-19-16-29(17-28-19)20-10-12-22(13-11-20)34-21-8-6-5-7-9-21;/h10-13,16-18,21,23H,5-9,14-15H2,1-4H3,(H,27,32)(H,30,31);/q;+1/p-1/t18-,23+;/m1./s1. The van der Waals surface area contributed by atoms with E-state index in [1.165, 1.54) is 19.3 Å². The molecule has 1 N–H and O–H groups in total. The van der Waals surface area contributed by atoms with Gasteiger partial charge in [0.2, 0.25) is 0 Å². The number of aliphatic carboxylic acids is 1. The molecule has 2 aromatic rings. The molecule has 1 aliphatic rings. The maximum absolute atomic E-state index is 11.8. The molecule has 36 heavy (non-hydrogen) atoms. The predicted molar refractivity (Wildman–Crippen MR) is 128 cm³/mol. The largest absolute Gasteiger partial charge is 1.00 e. The van der Waals surface area contributed by atoms with Crippen molar-refractivity contribution in [3.05, 3.63) is 42.5 Å². The van der Waals surface area contributed by atoms with Gasteiger partial charge in [-0.05, 0) is 77.6 Å². The molecule has 1 aromatic heterocycles. The SMILES string of the molecule is C[C@H](CNC(=O)OC(C)(C)C)O[C@@H](Cc1cn(-c2ccc(OC3CCCCC3)cc2)cn1)C(=O)[O-].[Li+]. The molecule has 1 heterocycles. The van der Waals surface area contributed by atoms with Crippen molar-refractivity contribution < 1.29 is 47.8 Å². The van der Waals surface area contributed by atoms with Gasteiger partial charge in [-0.15, -0.1) is 0 Å². The van der Waals surface area contributed by atoms with Crippen molar-refractivity contribution >= 4 is 12.1 Å². The van der Waals surface area contributed by atoms with E-state index < -0.39 is 29.9 Å². The third kappa shape index (κ3) is 9.88. The molecule has 1 aromatic carbocycles. The van der Waals surface area contributed by atoms with E-state index in [0.29, 0.717) is 5.69 Å². The van der Waals surface area contributed by atoms with Gasteiger partial charge in [-0.2, -0.15) is 0 Å². The van der Waals surface area contributed by atoms with Crippen LogP contribution in [0.4, 0.5) is 4.79 Å². The van der Waals surface area contributed by atoms with Crippen molar-refractivity contribution in [2.24, 2.45) is 0 Å². The van der Waals surface area contributed by atoms with E-state index in [9.17, 15) is 14.7 Å². The number of alkyl carbamates (subject to hydrolysis) is 1. The van der Waals surface area contributed by atoms with Gasteiger partial charge < -0.3 is 34.0 Å². The predicted octanol–water partition coefficient (Wildman–Crippen LogP) is 0.179. The van der Waals surface area contributed by atoms with Gasteiger partial charge >= 0.3 is 25.0 Å². The van der Waals surface area contributed by atoms with Crippen molar-refractivity contribution in [3.63, 3.8) is 0 Å². The number of amides is 1. The van der Waals surface area contributed by atoms with Crippen LogP contribution in [-0.4, -0.2) is 52.1 Å². The van der Waals surface area contributed by atoms with Gasteiger partial charge in [-0.1, -0.05) is 6.42 Å². The fourth-order valence-electron chi connectivity index (χ4n) is 3.93. The Balaban J connectivity index is 0.00000456. The topological polar surface area (TPSA) is 115 Å². The number of hydrogen-bond acceptors (Lipinski definition) is 7. The molecule has 1 aliphatic carbocycles. The summed E-state index contributed by atoms with van der Waals surface area (Å²) in [5, 5.41) is 14.2. The van der Waals surface area contributed by atoms with E-state index in [0.717, 1.165) is 24.3 Å². The summed E-state index contributed by atoms with van der Waals surface area (Å²) in [5.41, 5.74) is 0.818. The van der Waals surface area contributed by atoms with Crippen LogP contribution in [0.2, 0.25) is 0 Å². The van der Waals surface area contributed by atoms with Crippen molar-refractivity contribution in [2.45, 2.75) is 90.1 Å². The van der Waals surface area contributed by atoms with Gasteiger partial charge in [0.15, 0.2) is 0 Å². The zero-order chi connectivity index (χ0) is 25.4. The summed E-state index contributed by atoms with van der Waals surface area (Å²) in [6, 6.07) is 7.77. The van der Waals surface area contributed by atoms with E-state index in [-0.39, 0.29) is 37.9 Å². The van der Waals surface area contributed by atoms with Crippen molar-refractivity contribution in [3.8, 4) is 11.4 Å². The second-order valence-electron chi connectivity index (χ2n) is 9.99. The Morgan fingerprint density at radius 1 is 1.17 bits per heavy atom. The number of carboxylic acid groups (broad SMARTS) is 1. The number of benzene rings is 1. The zero-order valence-electron chi connectivity index (χ0n) is 22.0. The average molecular weight is 494 g/mol. The van der Waals surface area contributed by atoms with Gasteiger partial charge in [0, 0.05) is 24.8 Å². The second kappa shape index (κ2) is 13.7.